The van der Waals surface area contributed by atoms with Gasteiger partial charge in [-0.2, -0.15) is 8.42 Å². The van der Waals surface area contributed by atoms with Crippen LogP contribution in [0.3, 0.4) is 0 Å². The summed E-state index contributed by atoms with van der Waals surface area (Å²) in [6.45, 7) is 3.55. The molecule has 0 aromatic heterocycles. The summed E-state index contributed by atoms with van der Waals surface area (Å²) in [7, 11) is -4.06. The molecule has 2 aromatic rings. The van der Waals surface area contributed by atoms with Crippen molar-refractivity contribution in [3.05, 3.63) is 59.2 Å². The fraction of sp³-hybridized carbons (Fsp3) is 0.133. The molecule has 0 aliphatic carbocycles. The highest BCUT2D eigenvalue weighted by molar-refractivity contribution is 7.87. The molecule has 0 heterocycles. The molecule has 0 fully saturated rings. The van der Waals surface area contributed by atoms with Gasteiger partial charge in [-0.25, -0.2) is 4.79 Å². The second-order valence-corrected chi connectivity index (χ2v) is 6.20. The molecule has 0 saturated carbocycles. The Morgan fingerprint density at radius 2 is 1.57 bits per heavy atom. The maximum atomic E-state index is 12.2. The highest BCUT2D eigenvalue weighted by Crippen LogP contribution is 2.24. The van der Waals surface area contributed by atoms with Crippen molar-refractivity contribution in [3.63, 3.8) is 0 Å². The zero-order valence-electron chi connectivity index (χ0n) is 11.5. The number of carbonyl (C=O) groups is 1. The lowest BCUT2D eigenvalue weighted by Crippen LogP contribution is -2.12. The number of hydrogen-bond donors (Lipinski definition) is 1. The Hall–Kier alpha value is -2.34. The Bertz CT molecular complexity index is 776. The van der Waals surface area contributed by atoms with Gasteiger partial charge in [-0.1, -0.05) is 23.8 Å². The van der Waals surface area contributed by atoms with Crippen molar-refractivity contribution in [1.82, 2.24) is 0 Å². The molecule has 0 saturated heterocycles. The van der Waals surface area contributed by atoms with Gasteiger partial charge in [-0.15, -0.1) is 0 Å². The van der Waals surface area contributed by atoms with Crippen LogP contribution in [-0.4, -0.2) is 19.5 Å². The van der Waals surface area contributed by atoms with Gasteiger partial charge in [0.2, 0.25) is 0 Å². The zero-order chi connectivity index (χ0) is 15.6. The summed E-state index contributed by atoms with van der Waals surface area (Å²) in [5.41, 5.74) is 1.42. The van der Waals surface area contributed by atoms with Crippen LogP contribution in [-0.2, 0) is 10.1 Å². The Kier molecular flexibility index (Phi) is 3.99. The molecular formula is C15H14O5S. The first kappa shape index (κ1) is 15.1. The van der Waals surface area contributed by atoms with E-state index in [0.29, 0.717) is 5.56 Å². The fourth-order valence-electron chi connectivity index (χ4n) is 1.75. The summed E-state index contributed by atoms with van der Waals surface area (Å²) < 4.78 is 29.3. The van der Waals surface area contributed by atoms with Crippen LogP contribution in [0.1, 0.15) is 21.5 Å². The molecule has 5 nitrogen and oxygen atoms in total. The summed E-state index contributed by atoms with van der Waals surface area (Å²) in [6.07, 6.45) is 0. The van der Waals surface area contributed by atoms with Crippen molar-refractivity contribution in [2.45, 2.75) is 18.7 Å². The summed E-state index contributed by atoms with van der Waals surface area (Å²) in [4.78, 5) is 11.1. The normalized spacial score (nSPS) is 11.1. The Balaban J connectivity index is 2.41. The molecule has 0 atom stereocenters. The van der Waals surface area contributed by atoms with E-state index in [1.54, 1.807) is 25.1 Å². The van der Waals surface area contributed by atoms with Gasteiger partial charge < -0.3 is 9.29 Å². The SMILES string of the molecule is Cc1ccc(S(=O)(=O)Oc2ccc(C)cc2C(=O)O)cc1. The summed E-state index contributed by atoms with van der Waals surface area (Å²) in [5.74, 6) is -1.44. The van der Waals surface area contributed by atoms with Crippen LogP contribution in [0.25, 0.3) is 0 Å². The third-order valence-electron chi connectivity index (χ3n) is 2.87. The van der Waals surface area contributed by atoms with Crippen molar-refractivity contribution in [2.24, 2.45) is 0 Å². The molecule has 2 aromatic carbocycles. The molecule has 0 aliphatic heterocycles. The molecule has 0 amide bonds. The van der Waals surface area contributed by atoms with Crippen molar-refractivity contribution in [3.8, 4) is 5.75 Å². The van der Waals surface area contributed by atoms with E-state index in [0.717, 1.165) is 5.56 Å². The van der Waals surface area contributed by atoms with E-state index < -0.39 is 16.1 Å². The molecule has 0 aliphatic rings. The minimum atomic E-state index is -4.06. The predicted molar refractivity (Wildman–Crippen MR) is 77.1 cm³/mol. The quantitative estimate of drug-likeness (QED) is 0.878. The number of aromatic carboxylic acids is 1. The second kappa shape index (κ2) is 5.57. The Labute approximate surface area is 122 Å². The largest absolute Gasteiger partial charge is 0.478 e. The number of aryl methyl sites for hydroxylation is 2. The van der Waals surface area contributed by atoms with E-state index in [-0.39, 0.29) is 16.2 Å². The van der Waals surface area contributed by atoms with E-state index in [9.17, 15) is 13.2 Å². The van der Waals surface area contributed by atoms with Crippen LogP contribution in [0, 0.1) is 13.8 Å². The van der Waals surface area contributed by atoms with Crippen LogP contribution in [0.4, 0.5) is 0 Å². The van der Waals surface area contributed by atoms with Gasteiger partial charge in [0.05, 0.1) is 0 Å². The molecule has 110 valence electrons. The lowest BCUT2D eigenvalue weighted by atomic mass is 10.1. The summed E-state index contributed by atoms with van der Waals surface area (Å²) in [6, 6.07) is 10.4. The van der Waals surface area contributed by atoms with Gasteiger partial charge >= 0.3 is 16.1 Å². The maximum Gasteiger partial charge on any atom is 0.339 e. The topological polar surface area (TPSA) is 80.7 Å². The lowest BCUT2D eigenvalue weighted by molar-refractivity contribution is 0.0695. The molecule has 21 heavy (non-hydrogen) atoms. The van der Waals surface area contributed by atoms with Crippen LogP contribution < -0.4 is 4.18 Å². The molecule has 6 heteroatoms. The van der Waals surface area contributed by atoms with Crippen molar-refractivity contribution in [2.75, 3.05) is 0 Å². The van der Waals surface area contributed by atoms with Gasteiger partial charge in [-0.05, 0) is 43.7 Å². The number of rotatable bonds is 4. The monoisotopic (exact) mass is 306 g/mol. The molecule has 0 bridgehead atoms. The molecule has 2 rings (SSSR count). The van der Waals surface area contributed by atoms with E-state index in [2.05, 4.69) is 0 Å². The van der Waals surface area contributed by atoms with Crippen molar-refractivity contribution < 1.29 is 22.5 Å². The fourth-order valence-corrected chi connectivity index (χ4v) is 2.70. The molecule has 0 spiro atoms. The van der Waals surface area contributed by atoms with Crippen molar-refractivity contribution >= 4 is 16.1 Å². The number of benzene rings is 2. The van der Waals surface area contributed by atoms with Gasteiger partial charge in [0.15, 0.2) is 5.75 Å². The van der Waals surface area contributed by atoms with E-state index in [1.807, 2.05) is 6.92 Å². The van der Waals surface area contributed by atoms with E-state index >= 15 is 0 Å². The van der Waals surface area contributed by atoms with Crippen molar-refractivity contribution in [1.29, 1.82) is 0 Å². The number of carboxylic acids is 1. The van der Waals surface area contributed by atoms with Gasteiger partial charge in [-0.3, -0.25) is 0 Å². The highest BCUT2D eigenvalue weighted by atomic mass is 32.2. The molecular weight excluding hydrogens is 292 g/mol. The molecule has 0 radical (unpaired) electrons. The number of carboxylic acid groups (broad SMARTS) is 1. The second-order valence-electron chi connectivity index (χ2n) is 4.66. The minimum absolute atomic E-state index is 0.0231. The molecule has 0 unspecified atom stereocenters. The van der Waals surface area contributed by atoms with Gasteiger partial charge in [0.1, 0.15) is 10.5 Å². The van der Waals surface area contributed by atoms with Crippen LogP contribution in [0.5, 0.6) is 5.75 Å². The van der Waals surface area contributed by atoms with Crippen LogP contribution >= 0.6 is 0 Å². The predicted octanol–water partition coefficient (Wildman–Crippen LogP) is 2.77. The maximum absolute atomic E-state index is 12.2. The summed E-state index contributed by atoms with van der Waals surface area (Å²) >= 11 is 0. The third kappa shape index (κ3) is 3.41. The first-order valence-corrected chi connectivity index (χ1v) is 7.55. The van der Waals surface area contributed by atoms with Crippen LogP contribution in [0.2, 0.25) is 0 Å². The van der Waals surface area contributed by atoms with Gasteiger partial charge in [0, 0.05) is 0 Å². The number of hydrogen-bond acceptors (Lipinski definition) is 4. The lowest BCUT2D eigenvalue weighted by Gasteiger charge is -2.10. The first-order chi connectivity index (χ1) is 9.79. The Morgan fingerprint density at radius 3 is 2.14 bits per heavy atom. The standard InChI is InChI=1S/C15H14O5S/c1-10-3-6-12(7-4-10)21(18,19)20-14-8-5-11(2)9-13(14)15(16)17/h3-9H,1-2H3,(H,16,17). The Morgan fingerprint density at radius 1 is 1.00 bits per heavy atom. The average Bonchev–Trinajstić information content (AvgIpc) is 2.41. The smallest absolute Gasteiger partial charge is 0.339 e. The average molecular weight is 306 g/mol. The first-order valence-electron chi connectivity index (χ1n) is 6.15. The molecule has 1 N–H and O–H groups in total. The minimum Gasteiger partial charge on any atom is -0.478 e. The summed E-state index contributed by atoms with van der Waals surface area (Å²) in [5, 5.41) is 9.12. The van der Waals surface area contributed by atoms with E-state index in [1.165, 1.54) is 24.3 Å². The van der Waals surface area contributed by atoms with Gasteiger partial charge in [0.25, 0.3) is 0 Å². The van der Waals surface area contributed by atoms with Crippen LogP contribution in [0.15, 0.2) is 47.4 Å². The van der Waals surface area contributed by atoms with E-state index in [4.69, 9.17) is 9.29 Å². The highest BCUT2D eigenvalue weighted by Gasteiger charge is 2.20. The zero-order valence-corrected chi connectivity index (χ0v) is 12.3. The third-order valence-corrected chi connectivity index (χ3v) is 4.12.